The minimum Gasteiger partial charge on any atom is -0.385 e. The van der Waals surface area contributed by atoms with Crippen LogP contribution >= 0.6 is 0 Å². The highest BCUT2D eigenvalue weighted by Gasteiger charge is 2.25. The zero-order chi connectivity index (χ0) is 18.4. The second-order valence-corrected chi connectivity index (χ2v) is 5.27. The van der Waals surface area contributed by atoms with Crippen molar-refractivity contribution in [2.45, 2.75) is 6.04 Å². The largest absolute Gasteiger partial charge is 0.385 e. The van der Waals surface area contributed by atoms with Crippen LogP contribution in [0.15, 0.2) is 54.6 Å². The quantitative estimate of drug-likeness (QED) is 0.305. The molecule has 0 saturated carbocycles. The number of nitrogens with two attached hydrogens (primary N) is 3. The second kappa shape index (κ2) is 7.82. The summed E-state index contributed by atoms with van der Waals surface area (Å²) in [6, 6.07) is 15.2. The van der Waals surface area contributed by atoms with Crippen molar-refractivity contribution in [1.29, 1.82) is 10.8 Å². The average molecular weight is 338 g/mol. The van der Waals surface area contributed by atoms with Crippen LogP contribution < -0.4 is 27.8 Å². The van der Waals surface area contributed by atoms with Gasteiger partial charge in [-0.1, -0.05) is 54.6 Å². The third-order valence-electron chi connectivity index (χ3n) is 3.49. The van der Waals surface area contributed by atoms with Crippen molar-refractivity contribution < 1.29 is 4.79 Å². The molecule has 10 N–H and O–H groups in total. The van der Waals surface area contributed by atoms with E-state index in [4.69, 9.17) is 28.0 Å². The molecule has 0 aliphatic carbocycles. The van der Waals surface area contributed by atoms with Crippen LogP contribution in [0.4, 0.5) is 4.79 Å². The van der Waals surface area contributed by atoms with E-state index < -0.39 is 12.1 Å². The highest BCUT2D eigenvalue weighted by molar-refractivity contribution is 5.98. The summed E-state index contributed by atoms with van der Waals surface area (Å²) in [5, 5.41) is 20.6. The van der Waals surface area contributed by atoms with Crippen LogP contribution in [0, 0.1) is 16.9 Å². The third-order valence-corrected chi connectivity index (χ3v) is 3.49. The first-order valence-electron chi connectivity index (χ1n) is 7.42. The van der Waals surface area contributed by atoms with Gasteiger partial charge >= 0.3 is 6.03 Å². The van der Waals surface area contributed by atoms with Crippen LogP contribution in [0.3, 0.4) is 0 Å². The lowest BCUT2D eigenvalue weighted by atomic mass is 9.90. The molecule has 2 amide bonds. The molecule has 25 heavy (non-hydrogen) atoms. The third kappa shape index (κ3) is 4.47. The smallest absolute Gasteiger partial charge is 0.313 e. The average Bonchev–Trinajstić information content (AvgIpc) is 2.58. The molecule has 0 bridgehead atoms. The fourth-order valence-electron chi connectivity index (χ4n) is 2.52. The Kier molecular flexibility index (Phi) is 5.57. The van der Waals surface area contributed by atoms with Gasteiger partial charge in [0.25, 0.3) is 0 Å². The molecule has 1 radical (unpaired) electrons. The molecule has 0 fully saturated rings. The topological polar surface area (TPSA) is 167 Å². The van der Waals surface area contributed by atoms with Gasteiger partial charge in [0.2, 0.25) is 0 Å². The molecule has 2 rings (SSSR count). The van der Waals surface area contributed by atoms with E-state index in [0.29, 0.717) is 11.1 Å². The van der Waals surface area contributed by atoms with Crippen molar-refractivity contribution in [3.8, 4) is 0 Å². The Morgan fingerprint density at radius 2 is 1.52 bits per heavy atom. The summed E-state index contributed by atoms with van der Waals surface area (Å²) < 4.78 is 0. The van der Waals surface area contributed by atoms with Crippen LogP contribution in [0.25, 0.3) is 0 Å². The van der Waals surface area contributed by atoms with Gasteiger partial charge in [-0.2, -0.15) is 0 Å². The van der Waals surface area contributed by atoms with Crippen molar-refractivity contribution in [1.82, 2.24) is 10.6 Å². The summed E-state index contributed by atoms with van der Waals surface area (Å²) >= 11 is 0. The maximum absolute atomic E-state index is 11.3. The lowest BCUT2D eigenvalue weighted by Gasteiger charge is -2.25. The summed E-state index contributed by atoms with van der Waals surface area (Å²) in [7, 11) is 0. The monoisotopic (exact) mass is 338 g/mol. The van der Waals surface area contributed by atoms with Crippen LogP contribution in [-0.4, -0.2) is 17.8 Å². The number of benzene rings is 2. The van der Waals surface area contributed by atoms with Crippen molar-refractivity contribution in [2.75, 3.05) is 0 Å². The molecule has 1 unspecified atom stereocenters. The van der Waals surface area contributed by atoms with Gasteiger partial charge in [-0.15, -0.1) is 0 Å². The number of carbonyl (C=O) groups excluding carboxylic acids is 1. The van der Waals surface area contributed by atoms with Gasteiger partial charge in [0, 0.05) is 0 Å². The summed E-state index contributed by atoms with van der Waals surface area (Å²) in [6.07, 6.45) is 0. The summed E-state index contributed by atoms with van der Waals surface area (Å²) in [4.78, 5) is 11.3. The molecule has 0 spiro atoms. The van der Waals surface area contributed by atoms with Crippen LogP contribution in [0.2, 0.25) is 0 Å². The maximum Gasteiger partial charge on any atom is 0.313 e. The van der Waals surface area contributed by atoms with Gasteiger partial charge < -0.3 is 27.8 Å². The van der Waals surface area contributed by atoms with Gasteiger partial charge in [0.05, 0.1) is 6.04 Å². The number of rotatable bonds is 6. The SMILES string of the molecule is N=C(N)NC(c1ccccc1)c1ccccc1[C](NC(N)=O)C(=N)N. The van der Waals surface area contributed by atoms with Crippen molar-refractivity contribution in [3.63, 3.8) is 0 Å². The minimum absolute atomic E-state index is 0.0920. The Balaban J connectivity index is 2.56. The van der Waals surface area contributed by atoms with E-state index in [1.165, 1.54) is 0 Å². The van der Waals surface area contributed by atoms with Gasteiger partial charge in [0.15, 0.2) is 12.0 Å². The van der Waals surface area contributed by atoms with Gasteiger partial charge in [0.1, 0.15) is 5.84 Å². The lowest BCUT2D eigenvalue weighted by Crippen LogP contribution is -2.42. The molecule has 0 aliphatic rings. The molecule has 0 saturated heterocycles. The van der Waals surface area contributed by atoms with Crippen LogP contribution in [0.1, 0.15) is 22.7 Å². The molecule has 129 valence electrons. The van der Waals surface area contributed by atoms with E-state index in [-0.39, 0.29) is 17.8 Å². The normalized spacial score (nSPS) is 11.6. The molecular formula is C17H20N7O. The fraction of sp³-hybridized carbons (Fsp3) is 0.0588. The molecule has 8 nitrogen and oxygen atoms in total. The standard InChI is InChI=1S/C17H20N7O/c18-15(19)14(24-17(22)25)12-9-5-4-8-11(12)13(23-16(20)21)10-6-2-1-3-7-10/h1-9,13H,(H3,18,19)(H4,20,21,23)(H3,22,24,25). The molecule has 2 aromatic carbocycles. The summed E-state index contributed by atoms with van der Waals surface area (Å²) in [5.41, 5.74) is 18.4. The van der Waals surface area contributed by atoms with Gasteiger partial charge in [-0.05, 0) is 16.7 Å². The maximum atomic E-state index is 11.3. The van der Waals surface area contributed by atoms with Crippen LogP contribution in [-0.2, 0) is 0 Å². The number of guanidine groups is 1. The van der Waals surface area contributed by atoms with E-state index in [1.54, 1.807) is 24.3 Å². The molecule has 0 heterocycles. The highest BCUT2D eigenvalue weighted by Crippen LogP contribution is 2.28. The molecule has 0 aliphatic heterocycles. The summed E-state index contributed by atoms with van der Waals surface area (Å²) in [5.74, 6) is -0.545. The zero-order valence-electron chi connectivity index (χ0n) is 13.4. The number of amidine groups is 1. The predicted octanol–water partition coefficient (Wildman–Crippen LogP) is 0.743. The number of hydrogen-bond donors (Lipinski definition) is 7. The first kappa shape index (κ1) is 17.8. The van der Waals surface area contributed by atoms with Crippen molar-refractivity contribution >= 4 is 17.8 Å². The number of hydrogen-bond acceptors (Lipinski definition) is 3. The Bertz CT molecular complexity index is 776. The minimum atomic E-state index is -0.823. The van der Waals surface area contributed by atoms with E-state index >= 15 is 0 Å². The lowest BCUT2D eigenvalue weighted by molar-refractivity contribution is 0.250. The van der Waals surface area contributed by atoms with E-state index in [1.807, 2.05) is 30.3 Å². The highest BCUT2D eigenvalue weighted by atomic mass is 16.2. The van der Waals surface area contributed by atoms with E-state index in [0.717, 1.165) is 5.56 Å². The Labute approximate surface area is 145 Å². The Morgan fingerprint density at radius 3 is 2.08 bits per heavy atom. The first-order chi connectivity index (χ1) is 11.9. The molecular weight excluding hydrogens is 318 g/mol. The molecule has 8 heteroatoms. The number of nitrogens with one attached hydrogen (secondary N) is 4. The van der Waals surface area contributed by atoms with Crippen LogP contribution in [0.5, 0.6) is 0 Å². The van der Waals surface area contributed by atoms with Gasteiger partial charge in [-0.25, -0.2) is 4.79 Å². The number of primary amides is 1. The molecule has 0 aromatic heterocycles. The number of carbonyl (C=O) groups is 1. The number of amides is 2. The van der Waals surface area contributed by atoms with E-state index in [9.17, 15) is 4.79 Å². The van der Waals surface area contributed by atoms with Crippen molar-refractivity contribution in [2.24, 2.45) is 17.2 Å². The van der Waals surface area contributed by atoms with Crippen molar-refractivity contribution in [3.05, 3.63) is 77.3 Å². The fourth-order valence-corrected chi connectivity index (χ4v) is 2.52. The predicted molar refractivity (Wildman–Crippen MR) is 96.8 cm³/mol. The zero-order valence-corrected chi connectivity index (χ0v) is 13.4. The summed E-state index contributed by atoms with van der Waals surface area (Å²) in [6.45, 7) is 0. The van der Waals surface area contributed by atoms with Gasteiger partial charge in [-0.3, -0.25) is 10.8 Å². The Morgan fingerprint density at radius 1 is 0.920 bits per heavy atom. The second-order valence-electron chi connectivity index (χ2n) is 5.27. The Hall–Kier alpha value is -3.55. The first-order valence-corrected chi connectivity index (χ1v) is 7.42. The number of urea groups is 1. The van der Waals surface area contributed by atoms with E-state index in [2.05, 4.69) is 10.6 Å². The molecule has 2 aromatic rings. The molecule has 1 atom stereocenters.